The van der Waals surface area contributed by atoms with Gasteiger partial charge in [-0.3, -0.25) is 0 Å². The van der Waals surface area contributed by atoms with Crippen molar-refractivity contribution in [2.45, 2.75) is 30.4 Å². The Bertz CT molecular complexity index is 582. The van der Waals surface area contributed by atoms with Crippen LogP contribution in [0.1, 0.15) is 36.7 Å². The number of thiazole rings is 1. The van der Waals surface area contributed by atoms with Gasteiger partial charge in [0.2, 0.25) is 0 Å². The highest BCUT2D eigenvalue weighted by Crippen LogP contribution is 2.30. The summed E-state index contributed by atoms with van der Waals surface area (Å²) in [5.74, 6) is 0.286. The Balaban J connectivity index is 2.07. The van der Waals surface area contributed by atoms with Crippen LogP contribution in [0, 0.1) is 11.8 Å². The van der Waals surface area contributed by atoms with E-state index < -0.39 is 16.0 Å². The summed E-state index contributed by atoms with van der Waals surface area (Å²) >= 11 is 0.921. The number of carbonyl (C=O) groups excluding carboxylic acids is 1. The van der Waals surface area contributed by atoms with Gasteiger partial charge in [-0.05, 0) is 24.7 Å². The van der Waals surface area contributed by atoms with Crippen LogP contribution in [0.25, 0.3) is 0 Å². The van der Waals surface area contributed by atoms with Crippen molar-refractivity contribution in [3.05, 3.63) is 11.2 Å². The first-order valence-corrected chi connectivity index (χ1v) is 8.81. The van der Waals surface area contributed by atoms with Gasteiger partial charge in [0.15, 0.2) is 9.90 Å². The minimum atomic E-state index is -3.70. The molecule has 0 radical (unpaired) electrons. The zero-order chi connectivity index (χ0) is 14.8. The predicted octanol–water partition coefficient (Wildman–Crippen LogP) is 1.64. The number of nitrogens with one attached hydrogen (secondary N) is 1. The third-order valence-electron chi connectivity index (χ3n) is 3.52. The third kappa shape index (κ3) is 3.36. The minimum absolute atomic E-state index is 0.0737. The number of rotatable bonds is 5. The molecule has 1 heterocycles. The Kier molecular flexibility index (Phi) is 4.77. The lowest BCUT2D eigenvalue weighted by atomic mass is 10.1. The zero-order valence-electron chi connectivity index (χ0n) is 11.5. The molecule has 112 valence electrons. The van der Waals surface area contributed by atoms with Crippen LogP contribution >= 0.6 is 11.3 Å². The lowest BCUT2D eigenvalue weighted by Gasteiger charge is -2.11. The molecule has 2 atom stereocenters. The number of ether oxygens (including phenoxy) is 1. The molecule has 1 aromatic rings. The average molecular weight is 318 g/mol. The molecule has 1 aliphatic carbocycles. The number of hydrogen-bond acceptors (Lipinski definition) is 6. The molecule has 1 N–H and O–H groups in total. The topological polar surface area (TPSA) is 85.4 Å². The predicted molar refractivity (Wildman–Crippen MR) is 75.1 cm³/mol. The molecule has 0 saturated heterocycles. The van der Waals surface area contributed by atoms with Crippen LogP contribution in [0.5, 0.6) is 0 Å². The van der Waals surface area contributed by atoms with Gasteiger partial charge in [0.25, 0.3) is 10.0 Å². The Morgan fingerprint density at radius 2 is 2.30 bits per heavy atom. The molecular weight excluding hydrogens is 300 g/mol. The fourth-order valence-corrected chi connectivity index (χ4v) is 4.75. The molecule has 2 unspecified atom stereocenters. The molecule has 2 rings (SSSR count). The number of sulfonamides is 1. The monoisotopic (exact) mass is 318 g/mol. The number of nitrogens with zero attached hydrogens (tertiary/aromatic N) is 1. The van der Waals surface area contributed by atoms with Crippen molar-refractivity contribution in [1.29, 1.82) is 0 Å². The maximum atomic E-state index is 12.2. The van der Waals surface area contributed by atoms with Crippen molar-refractivity contribution in [1.82, 2.24) is 9.71 Å². The van der Waals surface area contributed by atoms with Crippen LogP contribution in [0.2, 0.25) is 0 Å². The summed E-state index contributed by atoms with van der Waals surface area (Å²) in [5, 5.41) is 0. The summed E-state index contributed by atoms with van der Waals surface area (Å²) in [4.78, 5) is 15.2. The summed E-state index contributed by atoms with van der Waals surface area (Å²) in [6.45, 7) is 2.58. The van der Waals surface area contributed by atoms with Crippen LogP contribution in [0.15, 0.2) is 9.72 Å². The van der Waals surface area contributed by atoms with E-state index in [2.05, 4.69) is 21.4 Å². The van der Waals surface area contributed by atoms with Crippen LogP contribution in [0.4, 0.5) is 0 Å². The van der Waals surface area contributed by atoms with Crippen molar-refractivity contribution < 1.29 is 17.9 Å². The van der Waals surface area contributed by atoms with E-state index in [0.717, 1.165) is 30.6 Å². The van der Waals surface area contributed by atoms with Crippen LogP contribution in [-0.2, 0) is 14.8 Å². The molecule has 8 heteroatoms. The molecule has 1 fully saturated rings. The van der Waals surface area contributed by atoms with E-state index in [-0.39, 0.29) is 9.90 Å². The number of methoxy groups -OCH3 is 1. The van der Waals surface area contributed by atoms with Crippen LogP contribution in [-0.4, -0.2) is 33.0 Å². The van der Waals surface area contributed by atoms with Crippen molar-refractivity contribution in [3.8, 4) is 0 Å². The van der Waals surface area contributed by atoms with E-state index in [9.17, 15) is 13.2 Å². The smallest absolute Gasteiger partial charge is 0.358 e. The van der Waals surface area contributed by atoms with Gasteiger partial charge in [-0.1, -0.05) is 13.3 Å². The summed E-state index contributed by atoms with van der Waals surface area (Å²) < 4.78 is 31.5. The SMILES string of the molecule is COC(=O)c1ncsc1S(=O)(=O)NCC1CCC(C)C1. The van der Waals surface area contributed by atoms with Crippen molar-refractivity contribution in [2.75, 3.05) is 13.7 Å². The van der Waals surface area contributed by atoms with Gasteiger partial charge in [-0.25, -0.2) is 22.9 Å². The lowest BCUT2D eigenvalue weighted by molar-refractivity contribution is 0.0590. The molecule has 1 aliphatic rings. The first kappa shape index (κ1) is 15.4. The minimum Gasteiger partial charge on any atom is -0.464 e. The standard InChI is InChI=1S/C12H18N2O4S2/c1-8-3-4-9(5-8)6-14-20(16,17)12-10(11(15)18-2)13-7-19-12/h7-9,14H,3-6H2,1-2H3. The summed E-state index contributed by atoms with van der Waals surface area (Å²) in [6.07, 6.45) is 3.21. The normalized spacial score (nSPS) is 22.9. The zero-order valence-corrected chi connectivity index (χ0v) is 13.1. The summed E-state index contributed by atoms with van der Waals surface area (Å²) in [6, 6.07) is 0. The van der Waals surface area contributed by atoms with Crippen molar-refractivity contribution in [3.63, 3.8) is 0 Å². The Morgan fingerprint density at radius 3 is 2.90 bits per heavy atom. The van der Waals surface area contributed by atoms with Crippen molar-refractivity contribution in [2.24, 2.45) is 11.8 Å². The Labute approximate surface area is 122 Å². The highest BCUT2D eigenvalue weighted by molar-refractivity contribution is 7.91. The highest BCUT2D eigenvalue weighted by atomic mass is 32.2. The largest absolute Gasteiger partial charge is 0.464 e. The molecule has 0 aromatic carbocycles. The van der Waals surface area contributed by atoms with Gasteiger partial charge in [0.1, 0.15) is 0 Å². The molecule has 6 nitrogen and oxygen atoms in total. The van der Waals surface area contributed by atoms with Gasteiger partial charge < -0.3 is 4.74 Å². The van der Waals surface area contributed by atoms with Gasteiger partial charge >= 0.3 is 5.97 Å². The molecule has 0 bridgehead atoms. The average Bonchev–Trinajstić information content (AvgIpc) is 3.04. The first-order chi connectivity index (χ1) is 9.44. The Hall–Kier alpha value is -0.990. The number of aromatic nitrogens is 1. The molecule has 1 saturated carbocycles. The van der Waals surface area contributed by atoms with E-state index in [1.165, 1.54) is 12.6 Å². The van der Waals surface area contributed by atoms with Crippen LogP contribution < -0.4 is 4.72 Å². The van der Waals surface area contributed by atoms with Gasteiger partial charge in [0.05, 0.1) is 12.6 Å². The third-order valence-corrected chi connectivity index (χ3v) is 6.32. The lowest BCUT2D eigenvalue weighted by Crippen LogP contribution is -2.29. The molecule has 0 aliphatic heterocycles. The molecular formula is C12H18N2O4S2. The maximum Gasteiger partial charge on any atom is 0.358 e. The summed E-state index contributed by atoms with van der Waals surface area (Å²) in [5.41, 5.74) is 1.18. The molecule has 0 amide bonds. The van der Waals surface area contributed by atoms with Gasteiger partial charge in [-0.2, -0.15) is 0 Å². The highest BCUT2D eigenvalue weighted by Gasteiger charge is 2.28. The number of hydrogen-bond donors (Lipinski definition) is 1. The van der Waals surface area contributed by atoms with E-state index >= 15 is 0 Å². The Morgan fingerprint density at radius 1 is 1.55 bits per heavy atom. The second-order valence-electron chi connectivity index (χ2n) is 5.12. The van der Waals surface area contributed by atoms with E-state index in [1.807, 2.05) is 0 Å². The maximum absolute atomic E-state index is 12.2. The second kappa shape index (κ2) is 6.19. The van der Waals surface area contributed by atoms with E-state index in [1.54, 1.807) is 0 Å². The first-order valence-electron chi connectivity index (χ1n) is 6.45. The summed E-state index contributed by atoms with van der Waals surface area (Å²) in [7, 11) is -2.50. The van der Waals surface area contributed by atoms with Crippen molar-refractivity contribution >= 4 is 27.3 Å². The molecule has 0 spiro atoms. The second-order valence-corrected chi connectivity index (χ2v) is 7.93. The fourth-order valence-electron chi connectivity index (χ4n) is 2.46. The quantitative estimate of drug-likeness (QED) is 0.834. The van der Waals surface area contributed by atoms with Gasteiger partial charge in [-0.15, -0.1) is 11.3 Å². The van der Waals surface area contributed by atoms with E-state index in [0.29, 0.717) is 18.4 Å². The van der Waals surface area contributed by atoms with Crippen LogP contribution in [0.3, 0.4) is 0 Å². The van der Waals surface area contributed by atoms with E-state index in [4.69, 9.17) is 0 Å². The van der Waals surface area contributed by atoms with Gasteiger partial charge in [0, 0.05) is 6.54 Å². The molecule has 20 heavy (non-hydrogen) atoms. The fraction of sp³-hybridized carbons (Fsp3) is 0.667. The molecule has 1 aromatic heterocycles. The number of carbonyl (C=O) groups is 1. The number of esters is 1.